The van der Waals surface area contributed by atoms with Crippen molar-refractivity contribution in [1.82, 2.24) is 10.2 Å². The molecule has 1 atom stereocenters. The van der Waals surface area contributed by atoms with Crippen LogP contribution < -0.4 is 5.32 Å². The van der Waals surface area contributed by atoms with Gasteiger partial charge in [0.25, 0.3) is 0 Å². The van der Waals surface area contributed by atoms with Crippen LogP contribution in [0, 0.1) is 5.92 Å². The molecule has 0 radical (unpaired) electrons. The monoisotopic (exact) mass is 240 g/mol. The molecule has 0 heterocycles. The maximum Gasteiger partial charge on any atom is 0.0220 e. The van der Waals surface area contributed by atoms with Crippen LogP contribution in [0.25, 0.3) is 0 Å². The summed E-state index contributed by atoms with van der Waals surface area (Å²) in [4.78, 5) is 2.62. The van der Waals surface area contributed by atoms with E-state index in [2.05, 4.69) is 31.1 Å². The zero-order valence-corrected chi connectivity index (χ0v) is 12.2. The molecule has 0 aromatic carbocycles. The van der Waals surface area contributed by atoms with Crippen molar-refractivity contribution in [2.75, 3.05) is 26.7 Å². The quantitative estimate of drug-likeness (QED) is 0.700. The summed E-state index contributed by atoms with van der Waals surface area (Å²) in [6, 6.07) is 0.715. The largest absolute Gasteiger partial charge is 0.315 e. The molecule has 1 unspecified atom stereocenters. The van der Waals surface area contributed by atoms with Gasteiger partial charge in [-0.05, 0) is 45.3 Å². The lowest BCUT2D eigenvalue weighted by Gasteiger charge is -2.34. The predicted octanol–water partition coefficient (Wildman–Crippen LogP) is 3.28. The minimum Gasteiger partial charge on any atom is -0.315 e. The van der Waals surface area contributed by atoms with Crippen molar-refractivity contribution in [3.05, 3.63) is 0 Å². The Morgan fingerprint density at radius 1 is 1.18 bits per heavy atom. The van der Waals surface area contributed by atoms with Crippen LogP contribution in [0.1, 0.15) is 58.8 Å². The normalized spacial score (nSPS) is 19.8. The van der Waals surface area contributed by atoms with Gasteiger partial charge in [0.15, 0.2) is 0 Å². The van der Waals surface area contributed by atoms with Crippen molar-refractivity contribution >= 4 is 0 Å². The van der Waals surface area contributed by atoms with Crippen LogP contribution in [-0.4, -0.2) is 37.6 Å². The number of nitrogens with zero attached hydrogens (tertiary/aromatic N) is 1. The lowest BCUT2D eigenvalue weighted by atomic mass is 9.83. The molecule has 17 heavy (non-hydrogen) atoms. The third-order valence-corrected chi connectivity index (χ3v) is 4.32. The molecule has 0 aromatic heterocycles. The number of nitrogens with one attached hydrogen (secondary N) is 1. The summed E-state index contributed by atoms with van der Waals surface area (Å²) in [5, 5.41) is 3.57. The zero-order valence-electron chi connectivity index (χ0n) is 12.2. The second kappa shape index (κ2) is 8.93. The third-order valence-electron chi connectivity index (χ3n) is 4.32. The molecular formula is C15H32N2. The van der Waals surface area contributed by atoms with Crippen molar-refractivity contribution in [1.29, 1.82) is 0 Å². The van der Waals surface area contributed by atoms with Crippen LogP contribution in [0.3, 0.4) is 0 Å². The van der Waals surface area contributed by atoms with Gasteiger partial charge in [-0.3, -0.25) is 0 Å². The maximum atomic E-state index is 3.57. The summed E-state index contributed by atoms with van der Waals surface area (Å²) in [6.07, 6.45) is 9.89. The fourth-order valence-corrected chi connectivity index (χ4v) is 3.05. The van der Waals surface area contributed by atoms with Gasteiger partial charge in [0.1, 0.15) is 0 Å². The van der Waals surface area contributed by atoms with E-state index in [1.54, 1.807) is 0 Å². The van der Waals surface area contributed by atoms with Gasteiger partial charge in [0.2, 0.25) is 0 Å². The standard InChI is InChI=1S/C15H32N2/c1-4-6-12-17(5-2)13-15(16-3)14-10-8-7-9-11-14/h14-16H,4-13H2,1-3H3. The predicted molar refractivity (Wildman–Crippen MR) is 76.4 cm³/mol. The summed E-state index contributed by atoms with van der Waals surface area (Å²) in [7, 11) is 2.15. The molecule has 1 saturated carbocycles. The number of hydrogen-bond acceptors (Lipinski definition) is 2. The van der Waals surface area contributed by atoms with E-state index in [4.69, 9.17) is 0 Å². The Labute approximate surface area is 108 Å². The fraction of sp³-hybridized carbons (Fsp3) is 1.00. The fourth-order valence-electron chi connectivity index (χ4n) is 3.05. The molecule has 1 aliphatic carbocycles. The highest BCUT2D eigenvalue weighted by molar-refractivity contribution is 4.81. The summed E-state index contributed by atoms with van der Waals surface area (Å²) >= 11 is 0. The van der Waals surface area contributed by atoms with Gasteiger partial charge in [0, 0.05) is 12.6 Å². The first-order valence-corrected chi connectivity index (χ1v) is 7.71. The van der Waals surface area contributed by atoms with Crippen LogP contribution in [0.2, 0.25) is 0 Å². The Bertz CT molecular complexity index is 176. The molecule has 0 spiro atoms. The Morgan fingerprint density at radius 2 is 1.88 bits per heavy atom. The summed E-state index contributed by atoms with van der Waals surface area (Å²) in [5.41, 5.74) is 0. The maximum absolute atomic E-state index is 3.57. The van der Waals surface area contributed by atoms with E-state index in [1.165, 1.54) is 64.6 Å². The lowest BCUT2D eigenvalue weighted by molar-refractivity contribution is 0.192. The number of likely N-dealkylation sites (N-methyl/N-ethyl adjacent to an activating group) is 2. The molecule has 0 bridgehead atoms. The van der Waals surface area contributed by atoms with Gasteiger partial charge < -0.3 is 10.2 Å². The van der Waals surface area contributed by atoms with Crippen LogP contribution in [-0.2, 0) is 0 Å². The number of hydrogen-bond donors (Lipinski definition) is 1. The van der Waals surface area contributed by atoms with Crippen molar-refractivity contribution in [3.63, 3.8) is 0 Å². The van der Waals surface area contributed by atoms with E-state index >= 15 is 0 Å². The van der Waals surface area contributed by atoms with Gasteiger partial charge in [-0.1, -0.05) is 39.5 Å². The second-order valence-corrected chi connectivity index (χ2v) is 5.54. The molecular weight excluding hydrogens is 208 g/mol. The first-order chi connectivity index (χ1) is 8.31. The highest BCUT2D eigenvalue weighted by atomic mass is 15.1. The minimum atomic E-state index is 0.715. The Balaban J connectivity index is 2.36. The van der Waals surface area contributed by atoms with E-state index in [0.29, 0.717) is 6.04 Å². The molecule has 0 saturated heterocycles. The van der Waals surface area contributed by atoms with E-state index in [9.17, 15) is 0 Å². The van der Waals surface area contributed by atoms with Gasteiger partial charge in [-0.15, -0.1) is 0 Å². The van der Waals surface area contributed by atoms with Crippen LogP contribution in [0.4, 0.5) is 0 Å². The first kappa shape index (κ1) is 15.0. The van der Waals surface area contributed by atoms with Crippen LogP contribution in [0.5, 0.6) is 0 Å². The molecule has 0 aliphatic heterocycles. The lowest BCUT2D eigenvalue weighted by Crippen LogP contribution is -2.45. The van der Waals surface area contributed by atoms with Crippen molar-refractivity contribution in [3.8, 4) is 0 Å². The Morgan fingerprint density at radius 3 is 2.41 bits per heavy atom. The van der Waals surface area contributed by atoms with Crippen molar-refractivity contribution < 1.29 is 0 Å². The van der Waals surface area contributed by atoms with Gasteiger partial charge in [-0.2, -0.15) is 0 Å². The van der Waals surface area contributed by atoms with Gasteiger partial charge in [0.05, 0.1) is 0 Å². The van der Waals surface area contributed by atoms with E-state index in [-0.39, 0.29) is 0 Å². The Hall–Kier alpha value is -0.0800. The molecule has 2 heteroatoms. The van der Waals surface area contributed by atoms with E-state index in [1.807, 2.05) is 0 Å². The van der Waals surface area contributed by atoms with Crippen molar-refractivity contribution in [2.24, 2.45) is 5.92 Å². The Kier molecular flexibility index (Phi) is 7.87. The summed E-state index contributed by atoms with van der Waals surface area (Å²) in [5.74, 6) is 0.921. The molecule has 0 amide bonds. The molecule has 0 aromatic rings. The van der Waals surface area contributed by atoms with Crippen molar-refractivity contribution in [2.45, 2.75) is 64.8 Å². The van der Waals surface area contributed by atoms with Gasteiger partial charge >= 0.3 is 0 Å². The highest BCUT2D eigenvalue weighted by Gasteiger charge is 2.23. The van der Waals surface area contributed by atoms with Crippen LogP contribution >= 0.6 is 0 Å². The SMILES string of the molecule is CCCCN(CC)CC(NC)C1CCCCC1. The number of unbranched alkanes of at least 4 members (excludes halogenated alkanes) is 1. The average molecular weight is 240 g/mol. The molecule has 1 rings (SSSR count). The van der Waals surface area contributed by atoms with E-state index < -0.39 is 0 Å². The summed E-state index contributed by atoms with van der Waals surface area (Å²) in [6.45, 7) is 8.30. The third kappa shape index (κ3) is 5.39. The molecule has 2 nitrogen and oxygen atoms in total. The average Bonchev–Trinajstić information content (AvgIpc) is 2.40. The molecule has 1 fully saturated rings. The minimum absolute atomic E-state index is 0.715. The van der Waals surface area contributed by atoms with Gasteiger partial charge in [-0.25, -0.2) is 0 Å². The number of rotatable bonds is 8. The molecule has 1 aliphatic rings. The molecule has 102 valence electrons. The topological polar surface area (TPSA) is 15.3 Å². The van der Waals surface area contributed by atoms with E-state index in [0.717, 1.165) is 5.92 Å². The highest BCUT2D eigenvalue weighted by Crippen LogP contribution is 2.26. The molecule has 1 N–H and O–H groups in total. The van der Waals surface area contributed by atoms with Crippen LogP contribution in [0.15, 0.2) is 0 Å². The second-order valence-electron chi connectivity index (χ2n) is 5.54. The smallest absolute Gasteiger partial charge is 0.0220 e. The first-order valence-electron chi connectivity index (χ1n) is 7.71. The summed E-state index contributed by atoms with van der Waals surface area (Å²) < 4.78 is 0. The zero-order chi connectivity index (χ0) is 12.5.